The van der Waals surface area contributed by atoms with Gasteiger partial charge in [0.25, 0.3) is 0 Å². The van der Waals surface area contributed by atoms with Gasteiger partial charge in [-0.15, -0.1) is 6.58 Å². The van der Waals surface area contributed by atoms with Crippen molar-refractivity contribution in [1.82, 2.24) is 0 Å². The minimum Gasteiger partial charge on any atom is -0.379 e. The second-order valence-electron chi connectivity index (χ2n) is 5.15. The number of aliphatic hydroxyl groups is 1. The molecule has 2 aromatic rings. The Morgan fingerprint density at radius 1 is 1.14 bits per heavy atom. The first-order valence-electron chi connectivity index (χ1n) is 6.93. The molecule has 1 aliphatic rings. The molecule has 21 heavy (non-hydrogen) atoms. The molecule has 0 unspecified atom stereocenters. The molecular weight excluding hydrogens is 326 g/mol. The van der Waals surface area contributed by atoms with E-state index in [2.05, 4.69) is 22.5 Å². The zero-order chi connectivity index (χ0) is 14.9. The molecule has 0 spiro atoms. The van der Waals surface area contributed by atoms with Gasteiger partial charge in [-0.2, -0.15) is 0 Å². The smallest absolute Gasteiger partial charge is 0.134 e. The molecule has 1 N–H and O–H groups in total. The predicted molar refractivity (Wildman–Crippen MR) is 90.1 cm³/mol. The van der Waals surface area contributed by atoms with Crippen LogP contribution >= 0.6 is 15.9 Å². The third-order valence-electron chi connectivity index (χ3n) is 3.81. The van der Waals surface area contributed by atoms with E-state index in [4.69, 9.17) is 4.99 Å². The Labute approximate surface area is 133 Å². The largest absolute Gasteiger partial charge is 0.379 e. The molecule has 0 saturated heterocycles. The molecule has 1 atom stereocenters. The summed E-state index contributed by atoms with van der Waals surface area (Å²) in [7, 11) is 0. The quantitative estimate of drug-likeness (QED) is 0.800. The van der Waals surface area contributed by atoms with Crippen LogP contribution in [0.25, 0.3) is 0 Å². The van der Waals surface area contributed by atoms with Crippen LogP contribution in [0.1, 0.15) is 24.0 Å². The van der Waals surface area contributed by atoms with E-state index < -0.39 is 5.60 Å². The average Bonchev–Trinajstić information content (AvgIpc) is 2.80. The Bertz CT molecular complexity index is 723. The fraction of sp³-hybridized carbons (Fsp3) is 0.167. The highest BCUT2D eigenvalue weighted by Crippen LogP contribution is 2.44. The molecule has 0 fully saturated rings. The van der Waals surface area contributed by atoms with Crippen LogP contribution < -0.4 is 0 Å². The summed E-state index contributed by atoms with van der Waals surface area (Å²) in [5.41, 5.74) is 2.29. The molecule has 2 aromatic carbocycles. The molecule has 0 saturated carbocycles. The van der Waals surface area contributed by atoms with Crippen LogP contribution in [-0.2, 0) is 5.60 Å². The maximum absolute atomic E-state index is 11.3. The minimum atomic E-state index is -1.06. The van der Waals surface area contributed by atoms with Crippen LogP contribution in [0.4, 0.5) is 5.69 Å². The summed E-state index contributed by atoms with van der Waals surface area (Å²) in [5.74, 6) is 0. The molecule has 0 radical (unpaired) electrons. The molecule has 106 valence electrons. The number of aliphatic imine (C=N–C) groups is 1. The lowest BCUT2D eigenvalue weighted by atomic mass is 9.83. The molecule has 0 aliphatic carbocycles. The minimum absolute atomic E-state index is 0.577. The average molecular weight is 342 g/mol. The summed E-state index contributed by atoms with van der Waals surface area (Å²) in [4.78, 5) is 4.69. The highest BCUT2D eigenvalue weighted by Gasteiger charge is 2.42. The number of allylic oxidation sites excluding steroid dienone is 1. The molecule has 1 heterocycles. The molecule has 0 aromatic heterocycles. The molecule has 0 bridgehead atoms. The molecular formula is C18H16BrNO. The summed E-state index contributed by atoms with van der Waals surface area (Å²) in [5, 5.41) is 11.3. The van der Waals surface area contributed by atoms with Crippen LogP contribution in [-0.4, -0.2) is 10.8 Å². The highest BCUT2D eigenvalue weighted by atomic mass is 79.9. The Morgan fingerprint density at radius 3 is 2.62 bits per heavy atom. The van der Waals surface area contributed by atoms with E-state index in [0.29, 0.717) is 12.1 Å². The summed E-state index contributed by atoms with van der Waals surface area (Å²) in [6.45, 7) is 3.76. The third kappa shape index (κ3) is 2.37. The standard InChI is InChI=1S/C18H16BrNO/c1-2-3-12-18(21)14-9-5-7-11-16(14)20-17(18)13-8-4-6-10-15(13)19/h2,4-11,21H,1,3,12H2/t18-/m0/s1. The molecule has 0 amide bonds. The number of hydrogen-bond acceptors (Lipinski definition) is 2. The second kappa shape index (κ2) is 5.58. The third-order valence-corrected chi connectivity index (χ3v) is 4.50. The zero-order valence-corrected chi connectivity index (χ0v) is 13.2. The number of halogens is 1. The lowest BCUT2D eigenvalue weighted by molar-refractivity contribution is 0.107. The van der Waals surface area contributed by atoms with E-state index in [0.717, 1.165) is 27.7 Å². The lowest BCUT2D eigenvalue weighted by Gasteiger charge is -2.26. The van der Waals surface area contributed by atoms with Crippen molar-refractivity contribution in [3.8, 4) is 0 Å². The van der Waals surface area contributed by atoms with E-state index >= 15 is 0 Å². The number of nitrogens with zero attached hydrogens (tertiary/aromatic N) is 1. The van der Waals surface area contributed by atoms with Crippen LogP contribution in [0.3, 0.4) is 0 Å². The van der Waals surface area contributed by atoms with Crippen molar-refractivity contribution in [3.05, 3.63) is 76.8 Å². The van der Waals surface area contributed by atoms with Gasteiger partial charge in [-0.05, 0) is 25.0 Å². The monoisotopic (exact) mass is 341 g/mol. The van der Waals surface area contributed by atoms with Crippen molar-refractivity contribution in [2.75, 3.05) is 0 Å². The van der Waals surface area contributed by atoms with E-state index in [1.54, 1.807) is 0 Å². The van der Waals surface area contributed by atoms with Gasteiger partial charge in [0.1, 0.15) is 5.60 Å². The van der Waals surface area contributed by atoms with Crippen molar-refractivity contribution < 1.29 is 5.11 Å². The number of para-hydroxylation sites is 1. The molecule has 3 rings (SSSR count). The number of benzene rings is 2. The highest BCUT2D eigenvalue weighted by molar-refractivity contribution is 9.10. The van der Waals surface area contributed by atoms with Gasteiger partial charge in [0, 0.05) is 15.6 Å². The van der Waals surface area contributed by atoms with Crippen molar-refractivity contribution in [3.63, 3.8) is 0 Å². The van der Waals surface area contributed by atoms with Gasteiger partial charge in [-0.3, -0.25) is 0 Å². The second-order valence-corrected chi connectivity index (χ2v) is 6.00. The summed E-state index contributed by atoms with van der Waals surface area (Å²) in [6, 6.07) is 15.6. The normalized spacial score (nSPS) is 20.0. The number of rotatable bonds is 4. The van der Waals surface area contributed by atoms with Crippen LogP contribution in [0.2, 0.25) is 0 Å². The topological polar surface area (TPSA) is 32.6 Å². The fourth-order valence-electron chi connectivity index (χ4n) is 2.76. The SMILES string of the molecule is C=CCC[C@@]1(O)C(c2ccccc2Br)=Nc2ccccc21. The van der Waals surface area contributed by atoms with E-state index in [1.165, 1.54) is 0 Å². The first kappa shape index (κ1) is 14.2. The first-order valence-corrected chi connectivity index (χ1v) is 7.73. The fourth-order valence-corrected chi connectivity index (χ4v) is 3.23. The molecule has 1 aliphatic heterocycles. The Kier molecular flexibility index (Phi) is 3.79. The first-order chi connectivity index (χ1) is 10.2. The maximum atomic E-state index is 11.3. The van der Waals surface area contributed by atoms with Gasteiger partial charge >= 0.3 is 0 Å². The summed E-state index contributed by atoms with van der Waals surface area (Å²) < 4.78 is 0.939. The van der Waals surface area contributed by atoms with Crippen LogP contribution in [0.5, 0.6) is 0 Å². The van der Waals surface area contributed by atoms with E-state index in [-0.39, 0.29) is 0 Å². The van der Waals surface area contributed by atoms with Crippen molar-refractivity contribution in [2.24, 2.45) is 4.99 Å². The van der Waals surface area contributed by atoms with Crippen LogP contribution in [0.15, 0.2) is 70.7 Å². The van der Waals surface area contributed by atoms with Crippen LogP contribution in [0, 0.1) is 0 Å². The molecule has 2 nitrogen and oxygen atoms in total. The van der Waals surface area contributed by atoms with Gasteiger partial charge in [-0.1, -0.05) is 58.4 Å². The molecule has 3 heteroatoms. The summed E-state index contributed by atoms with van der Waals surface area (Å²) >= 11 is 3.56. The predicted octanol–water partition coefficient (Wildman–Crippen LogP) is 4.74. The lowest BCUT2D eigenvalue weighted by Crippen LogP contribution is -2.33. The van der Waals surface area contributed by atoms with Gasteiger partial charge in [0.15, 0.2) is 0 Å². The maximum Gasteiger partial charge on any atom is 0.134 e. The van der Waals surface area contributed by atoms with Crippen molar-refractivity contribution >= 4 is 27.3 Å². The van der Waals surface area contributed by atoms with Crippen molar-refractivity contribution in [1.29, 1.82) is 0 Å². The van der Waals surface area contributed by atoms with E-state index in [1.807, 2.05) is 54.6 Å². The van der Waals surface area contributed by atoms with E-state index in [9.17, 15) is 5.11 Å². The zero-order valence-electron chi connectivity index (χ0n) is 11.6. The van der Waals surface area contributed by atoms with Gasteiger partial charge < -0.3 is 5.11 Å². The van der Waals surface area contributed by atoms with Crippen molar-refractivity contribution in [2.45, 2.75) is 18.4 Å². The Hall–Kier alpha value is -1.71. The number of fused-ring (bicyclic) bond motifs is 1. The van der Waals surface area contributed by atoms with Gasteiger partial charge in [0.05, 0.1) is 11.4 Å². The number of hydrogen-bond donors (Lipinski definition) is 1. The summed E-state index contributed by atoms with van der Waals surface area (Å²) in [6.07, 6.45) is 3.14. The van der Waals surface area contributed by atoms with Gasteiger partial charge in [0.2, 0.25) is 0 Å². The Morgan fingerprint density at radius 2 is 1.86 bits per heavy atom. The van der Waals surface area contributed by atoms with Gasteiger partial charge in [-0.25, -0.2) is 4.99 Å². The Balaban J connectivity index is 2.16.